The van der Waals surface area contributed by atoms with E-state index < -0.39 is 29.4 Å². The number of carbonyl (C=O) groups excluding carboxylic acids is 1. The van der Waals surface area contributed by atoms with Gasteiger partial charge in [-0.25, -0.2) is 8.78 Å². The number of amides is 1. The molecule has 0 saturated carbocycles. The van der Waals surface area contributed by atoms with Gasteiger partial charge in [-0.1, -0.05) is 6.92 Å². The Bertz CT molecular complexity index is 476. The van der Waals surface area contributed by atoms with E-state index in [4.69, 9.17) is 5.11 Å². The Balaban J connectivity index is 3.08. The zero-order valence-electron chi connectivity index (χ0n) is 9.98. The Hall–Kier alpha value is -1.98. The summed E-state index contributed by atoms with van der Waals surface area (Å²) in [7, 11) is 0. The number of hydrogen-bond donors (Lipinski definition) is 1. The number of aliphatic carboxylic acids is 1. The van der Waals surface area contributed by atoms with Crippen LogP contribution in [0.5, 0.6) is 0 Å². The zero-order chi connectivity index (χ0) is 13.9. The number of carbonyl (C=O) groups is 2. The predicted octanol–water partition coefficient (Wildman–Crippen LogP) is 2.04. The van der Waals surface area contributed by atoms with E-state index in [1.54, 1.807) is 0 Å². The minimum Gasteiger partial charge on any atom is -0.481 e. The van der Waals surface area contributed by atoms with Crippen molar-refractivity contribution in [3.8, 4) is 0 Å². The van der Waals surface area contributed by atoms with Gasteiger partial charge in [-0.15, -0.1) is 0 Å². The van der Waals surface area contributed by atoms with Crippen molar-refractivity contribution >= 4 is 17.6 Å². The molecule has 4 nitrogen and oxygen atoms in total. The average Bonchev–Trinajstić information content (AvgIpc) is 2.28. The van der Waals surface area contributed by atoms with E-state index in [9.17, 15) is 18.4 Å². The van der Waals surface area contributed by atoms with Gasteiger partial charge in [0.15, 0.2) is 0 Å². The van der Waals surface area contributed by atoms with E-state index in [-0.39, 0.29) is 12.2 Å². The van der Waals surface area contributed by atoms with Gasteiger partial charge in [-0.05, 0) is 12.1 Å². The fraction of sp³-hybridized carbons (Fsp3) is 0.333. The minimum absolute atomic E-state index is 0.217. The Morgan fingerprint density at radius 1 is 1.39 bits per heavy atom. The largest absolute Gasteiger partial charge is 0.481 e. The summed E-state index contributed by atoms with van der Waals surface area (Å²) in [5.74, 6) is -4.01. The number of halogens is 2. The van der Waals surface area contributed by atoms with Crippen molar-refractivity contribution in [2.45, 2.75) is 13.8 Å². The molecule has 0 heterocycles. The average molecular weight is 257 g/mol. The smallest absolute Gasteiger partial charge is 0.308 e. The van der Waals surface area contributed by atoms with Gasteiger partial charge in [0.05, 0.1) is 11.6 Å². The summed E-state index contributed by atoms with van der Waals surface area (Å²) in [4.78, 5) is 23.1. The summed E-state index contributed by atoms with van der Waals surface area (Å²) in [6, 6.07) is 2.69. The molecule has 18 heavy (non-hydrogen) atoms. The third-order valence-electron chi connectivity index (χ3n) is 2.46. The number of benzene rings is 1. The molecule has 1 amide bonds. The van der Waals surface area contributed by atoms with Gasteiger partial charge in [0, 0.05) is 19.5 Å². The monoisotopic (exact) mass is 257 g/mol. The molecule has 1 aromatic rings. The lowest BCUT2D eigenvalue weighted by Gasteiger charge is -2.23. The maximum Gasteiger partial charge on any atom is 0.308 e. The highest BCUT2D eigenvalue weighted by atomic mass is 19.1. The van der Waals surface area contributed by atoms with Gasteiger partial charge in [0.25, 0.3) is 0 Å². The molecular weight excluding hydrogens is 244 g/mol. The van der Waals surface area contributed by atoms with Crippen LogP contribution >= 0.6 is 0 Å². The first-order chi connectivity index (χ1) is 8.32. The van der Waals surface area contributed by atoms with Crippen LogP contribution in [0.2, 0.25) is 0 Å². The molecular formula is C12H13F2NO3. The van der Waals surface area contributed by atoms with E-state index in [0.29, 0.717) is 0 Å². The van der Waals surface area contributed by atoms with Crippen LogP contribution < -0.4 is 4.90 Å². The van der Waals surface area contributed by atoms with E-state index in [0.717, 1.165) is 23.1 Å². The molecule has 98 valence electrons. The van der Waals surface area contributed by atoms with Crippen LogP contribution in [0.15, 0.2) is 18.2 Å². The molecule has 1 atom stereocenters. The summed E-state index contributed by atoms with van der Waals surface area (Å²) in [5.41, 5.74) is -0.254. The summed E-state index contributed by atoms with van der Waals surface area (Å²) < 4.78 is 26.6. The Morgan fingerprint density at radius 2 is 2.00 bits per heavy atom. The van der Waals surface area contributed by atoms with Crippen LogP contribution in [0, 0.1) is 17.6 Å². The van der Waals surface area contributed by atoms with Gasteiger partial charge in [-0.3, -0.25) is 9.59 Å². The lowest BCUT2D eigenvalue weighted by Crippen LogP contribution is -2.36. The van der Waals surface area contributed by atoms with Crippen molar-refractivity contribution in [2.24, 2.45) is 5.92 Å². The second-order valence-electron chi connectivity index (χ2n) is 3.96. The molecule has 0 spiro atoms. The van der Waals surface area contributed by atoms with Crippen LogP contribution in [0.4, 0.5) is 14.5 Å². The number of carboxylic acids is 1. The molecule has 0 aliphatic rings. The maximum absolute atomic E-state index is 13.5. The lowest BCUT2D eigenvalue weighted by molar-refractivity contribution is -0.140. The molecule has 0 saturated heterocycles. The summed E-state index contributed by atoms with van der Waals surface area (Å²) in [5, 5.41) is 8.78. The first kappa shape index (κ1) is 14.1. The van der Waals surface area contributed by atoms with E-state index >= 15 is 0 Å². The molecule has 0 fully saturated rings. The van der Waals surface area contributed by atoms with Crippen molar-refractivity contribution in [1.29, 1.82) is 0 Å². The molecule has 1 aromatic carbocycles. The third-order valence-corrected chi connectivity index (χ3v) is 2.46. The summed E-state index contributed by atoms with van der Waals surface area (Å²) in [6.45, 7) is 2.33. The fourth-order valence-electron chi connectivity index (χ4n) is 1.44. The second-order valence-corrected chi connectivity index (χ2v) is 3.96. The molecule has 1 rings (SSSR count). The number of hydrogen-bond acceptors (Lipinski definition) is 2. The molecule has 1 N–H and O–H groups in total. The normalized spacial score (nSPS) is 12.0. The van der Waals surface area contributed by atoms with Crippen LogP contribution in [0.1, 0.15) is 13.8 Å². The van der Waals surface area contributed by atoms with Crippen molar-refractivity contribution in [2.75, 3.05) is 11.4 Å². The van der Waals surface area contributed by atoms with Crippen LogP contribution in [0.25, 0.3) is 0 Å². The third kappa shape index (κ3) is 3.26. The maximum atomic E-state index is 13.5. The highest BCUT2D eigenvalue weighted by Crippen LogP contribution is 2.21. The Kier molecular flexibility index (Phi) is 4.36. The van der Waals surface area contributed by atoms with Crippen LogP contribution in [-0.4, -0.2) is 23.5 Å². The van der Waals surface area contributed by atoms with E-state index in [1.165, 1.54) is 13.8 Å². The van der Waals surface area contributed by atoms with Gasteiger partial charge >= 0.3 is 5.97 Å². The van der Waals surface area contributed by atoms with Gasteiger partial charge in [0.1, 0.15) is 11.6 Å². The zero-order valence-corrected chi connectivity index (χ0v) is 9.98. The van der Waals surface area contributed by atoms with Crippen molar-refractivity contribution in [3.63, 3.8) is 0 Å². The Morgan fingerprint density at radius 3 is 2.50 bits per heavy atom. The van der Waals surface area contributed by atoms with E-state index in [1.807, 2.05) is 0 Å². The number of carboxylic acid groups (broad SMARTS) is 1. The fourth-order valence-corrected chi connectivity index (χ4v) is 1.44. The number of anilines is 1. The quantitative estimate of drug-likeness (QED) is 0.898. The number of nitrogens with zero attached hydrogens (tertiary/aromatic N) is 1. The SMILES string of the molecule is CC(=O)N(CC(C)C(=O)O)c1cc(F)ccc1F. The topological polar surface area (TPSA) is 57.6 Å². The van der Waals surface area contributed by atoms with Gasteiger partial charge in [-0.2, -0.15) is 0 Å². The standard InChI is InChI=1S/C12H13F2NO3/c1-7(12(17)18)6-15(8(2)16)11-5-9(13)3-4-10(11)14/h3-5,7H,6H2,1-2H3,(H,17,18). The Labute approximate surface area is 103 Å². The van der Waals surface area contributed by atoms with Crippen LogP contribution in [-0.2, 0) is 9.59 Å². The van der Waals surface area contributed by atoms with Crippen molar-refractivity contribution < 1.29 is 23.5 Å². The van der Waals surface area contributed by atoms with Gasteiger partial charge < -0.3 is 10.0 Å². The lowest BCUT2D eigenvalue weighted by atomic mass is 10.1. The molecule has 0 aliphatic heterocycles. The van der Waals surface area contributed by atoms with Crippen molar-refractivity contribution in [3.05, 3.63) is 29.8 Å². The molecule has 1 unspecified atom stereocenters. The first-order valence-corrected chi connectivity index (χ1v) is 5.29. The number of rotatable bonds is 4. The van der Waals surface area contributed by atoms with E-state index in [2.05, 4.69) is 0 Å². The predicted molar refractivity (Wildman–Crippen MR) is 61.2 cm³/mol. The van der Waals surface area contributed by atoms with Crippen LogP contribution in [0.3, 0.4) is 0 Å². The minimum atomic E-state index is -1.11. The molecule has 0 aliphatic carbocycles. The molecule has 0 aromatic heterocycles. The van der Waals surface area contributed by atoms with Gasteiger partial charge in [0.2, 0.25) is 5.91 Å². The first-order valence-electron chi connectivity index (χ1n) is 5.29. The highest BCUT2D eigenvalue weighted by Gasteiger charge is 2.22. The molecule has 0 radical (unpaired) electrons. The summed E-state index contributed by atoms with van der Waals surface area (Å²) >= 11 is 0. The molecule has 6 heteroatoms. The summed E-state index contributed by atoms with van der Waals surface area (Å²) in [6.07, 6.45) is 0. The molecule has 0 bridgehead atoms. The highest BCUT2D eigenvalue weighted by molar-refractivity contribution is 5.92. The van der Waals surface area contributed by atoms with Crippen molar-refractivity contribution in [1.82, 2.24) is 0 Å². The second kappa shape index (κ2) is 5.57.